The van der Waals surface area contributed by atoms with Gasteiger partial charge in [-0.2, -0.15) is 5.10 Å². The number of allylic oxidation sites excluding steroid dienone is 4. The quantitative estimate of drug-likeness (QED) is 0.183. The molecule has 3 rings (SSSR count). The summed E-state index contributed by atoms with van der Waals surface area (Å²) < 4.78 is 64.6. The number of carbonyl (C=O) groups excluding carboxylic acids is 1. The first-order valence-electron chi connectivity index (χ1n) is 15.5. The van der Waals surface area contributed by atoms with Crippen LogP contribution in [0.2, 0.25) is 0 Å². The van der Waals surface area contributed by atoms with Gasteiger partial charge in [-0.25, -0.2) is 27.2 Å². The lowest BCUT2D eigenvalue weighted by Gasteiger charge is -2.41. The zero-order valence-electron chi connectivity index (χ0n) is 26.7. The molecule has 1 amide bonds. The molecule has 5 atom stereocenters. The molecule has 5 unspecified atom stereocenters. The van der Waals surface area contributed by atoms with Crippen LogP contribution in [0.4, 0.5) is 17.6 Å². The lowest BCUT2D eigenvalue weighted by atomic mass is 9.84. The van der Waals surface area contributed by atoms with E-state index in [-0.39, 0.29) is 44.2 Å². The minimum absolute atomic E-state index is 0.00231. The molecule has 0 bridgehead atoms. The molecule has 0 spiro atoms. The van der Waals surface area contributed by atoms with Crippen LogP contribution in [0.25, 0.3) is 0 Å². The van der Waals surface area contributed by atoms with Crippen LogP contribution >= 0.6 is 0 Å². The van der Waals surface area contributed by atoms with Crippen molar-refractivity contribution in [1.82, 2.24) is 25.0 Å². The summed E-state index contributed by atoms with van der Waals surface area (Å²) in [6, 6.07) is 5.41. The Morgan fingerprint density at radius 1 is 1.27 bits per heavy atom. The Morgan fingerprint density at radius 2 is 2.02 bits per heavy atom. The average Bonchev–Trinajstić information content (AvgIpc) is 3.56. The Kier molecular flexibility index (Phi) is 13.1. The van der Waals surface area contributed by atoms with Gasteiger partial charge in [0.05, 0.1) is 12.6 Å². The summed E-state index contributed by atoms with van der Waals surface area (Å²) in [6.45, 7) is 12.5. The highest BCUT2D eigenvalue weighted by Crippen LogP contribution is 2.39. The number of halogens is 4. The molecule has 1 aromatic heterocycles. The fourth-order valence-electron chi connectivity index (χ4n) is 5.25. The minimum atomic E-state index is -1.25. The molecule has 2 heterocycles. The van der Waals surface area contributed by atoms with Gasteiger partial charge in [0, 0.05) is 38.6 Å². The van der Waals surface area contributed by atoms with Gasteiger partial charge in [0.2, 0.25) is 0 Å². The smallest absolute Gasteiger partial charge is 0.252 e. The van der Waals surface area contributed by atoms with Crippen LogP contribution in [0.1, 0.15) is 77.6 Å². The van der Waals surface area contributed by atoms with Gasteiger partial charge >= 0.3 is 0 Å². The van der Waals surface area contributed by atoms with Crippen molar-refractivity contribution in [2.45, 2.75) is 91.8 Å². The summed E-state index contributed by atoms with van der Waals surface area (Å²) >= 11 is 0. The number of ether oxygens (including phenoxy) is 1. The minimum Gasteiger partial charge on any atom is -0.369 e. The highest BCUT2D eigenvalue weighted by atomic mass is 19.1. The molecule has 1 saturated heterocycles. The van der Waals surface area contributed by atoms with E-state index in [2.05, 4.69) is 10.4 Å². The maximum absolute atomic E-state index is 14.9. The van der Waals surface area contributed by atoms with Crippen LogP contribution in [0.15, 0.2) is 48.3 Å². The highest BCUT2D eigenvalue weighted by Gasteiger charge is 2.42. The number of alkyl halides is 2. The molecule has 7 nitrogen and oxygen atoms in total. The molecule has 1 aliphatic rings. The number of nitrogens with zero attached hydrogens (tertiary/aromatic N) is 4. The molecular formula is C33H47F4N5O2. The summed E-state index contributed by atoms with van der Waals surface area (Å²) in [5.74, 6) is -1.09. The van der Waals surface area contributed by atoms with Crippen molar-refractivity contribution in [1.29, 1.82) is 0 Å². The molecule has 0 radical (unpaired) electrons. The fourth-order valence-corrected chi connectivity index (χ4v) is 5.25. The van der Waals surface area contributed by atoms with Crippen LogP contribution < -0.4 is 5.32 Å². The van der Waals surface area contributed by atoms with E-state index < -0.39 is 47.5 Å². The monoisotopic (exact) mass is 621 g/mol. The molecule has 11 heteroatoms. The van der Waals surface area contributed by atoms with Gasteiger partial charge in [-0.3, -0.25) is 4.79 Å². The zero-order valence-corrected chi connectivity index (χ0v) is 26.7. The second-order valence-corrected chi connectivity index (χ2v) is 12.5. The standard InChI is InChI=1S/C33H47F4N5O2/c1-7-16-44-22(3)32(43)41(21-24-18-38-19-28(24)37)30(33(4,5)6)31-39-29(15-14-26(35)13-12-25(34)8-2)40-42(31)20-23-10-9-11-27(36)17-23/h9-14,17,22,24-25,28,30,38H,7-8,15-16,18-21H2,1-6H3. The number of hydrogen-bond donors (Lipinski definition) is 1. The molecule has 244 valence electrons. The van der Waals surface area contributed by atoms with Crippen LogP contribution in [0, 0.1) is 17.2 Å². The Labute approximate surface area is 258 Å². The van der Waals surface area contributed by atoms with E-state index in [4.69, 9.17) is 9.72 Å². The zero-order chi connectivity index (χ0) is 32.4. The van der Waals surface area contributed by atoms with Crippen molar-refractivity contribution in [2.24, 2.45) is 11.3 Å². The van der Waals surface area contributed by atoms with Crippen molar-refractivity contribution >= 4 is 5.91 Å². The Morgan fingerprint density at radius 3 is 2.64 bits per heavy atom. The second-order valence-electron chi connectivity index (χ2n) is 12.5. The lowest BCUT2D eigenvalue weighted by Crippen LogP contribution is -2.49. The van der Waals surface area contributed by atoms with Gasteiger partial charge in [-0.15, -0.1) is 0 Å². The van der Waals surface area contributed by atoms with Crippen LogP contribution in [-0.2, 0) is 22.5 Å². The molecule has 1 fully saturated rings. The first kappa shape index (κ1) is 35.4. The molecular weight excluding hydrogens is 574 g/mol. The third kappa shape index (κ3) is 9.99. The Bertz CT molecular complexity index is 1280. The summed E-state index contributed by atoms with van der Waals surface area (Å²) in [7, 11) is 0. The maximum atomic E-state index is 14.9. The highest BCUT2D eigenvalue weighted by molar-refractivity contribution is 5.81. The van der Waals surface area contributed by atoms with E-state index in [0.29, 0.717) is 24.5 Å². The number of nitrogens with one attached hydrogen (secondary N) is 1. The van der Waals surface area contributed by atoms with Crippen molar-refractivity contribution in [3.8, 4) is 0 Å². The third-order valence-corrected chi connectivity index (χ3v) is 7.57. The molecule has 1 aromatic carbocycles. The number of aromatic nitrogens is 3. The summed E-state index contributed by atoms with van der Waals surface area (Å²) in [4.78, 5) is 20.5. The predicted molar refractivity (Wildman–Crippen MR) is 164 cm³/mol. The first-order chi connectivity index (χ1) is 20.8. The topological polar surface area (TPSA) is 72.3 Å². The van der Waals surface area contributed by atoms with E-state index in [1.54, 1.807) is 35.6 Å². The fraction of sp³-hybridized carbons (Fsp3) is 0.606. The Balaban J connectivity index is 2.10. The van der Waals surface area contributed by atoms with Gasteiger partial charge in [-0.05, 0) is 61.1 Å². The van der Waals surface area contributed by atoms with Crippen molar-refractivity contribution < 1.29 is 27.1 Å². The second kappa shape index (κ2) is 16.3. The van der Waals surface area contributed by atoms with Crippen LogP contribution in [0.5, 0.6) is 0 Å². The van der Waals surface area contributed by atoms with Gasteiger partial charge < -0.3 is 15.0 Å². The van der Waals surface area contributed by atoms with Crippen molar-refractivity contribution in [3.63, 3.8) is 0 Å². The molecule has 2 aromatic rings. The average molecular weight is 622 g/mol. The van der Waals surface area contributed by atoms with Crippen molar-refractivity contribution in [2.75, 3.05) is 26.2 Å². The number of amides is 1. The normalized spacial score (nSPS) is 19.8. The molecule has 1 aliphatic heterocycles. The summed E-state index contributed by atoms with van der Waals surface area (Å²) in [5.41, 5.74) is 0.0112. The molecule has 0 saturated carbocycles. The molecule has 1 N–H and O–H groups in total. The van der Waals surface area contributed by atoms with E-state index in [0.717, 1.165) is 18.6 Å². The lowest BCUT2D eigenvalue weighted by molar-refractivity contribution is -0.149. The molecule has 44 heavy (non-hydrogen) atoms. The number of benzene rings is 1. The van der Waals surface area contributed by atoms with E-state index >= 15 is 0 Å². The van der Waals surface area contributed by atoms with E-state index in [1.165, 1.54) is 18.2 Å². The Hall–Kier alpha value is -3.05. The summed E-state index contributed by atoms with van der Waals surface area (Å²) in [6.07, 6.45) is 1.32. The van der Waals surface area contributed by atoms with Gasteiger partial charge in [0.1, 0.15) is 30.1 Å². The SMILES string of the molecule is CCCOC(C)C(=O)N(CC1CNCC1F)C(c1nc(CC=C(F)C=CC(F)CC)nn1Cc1cccc(F)c1)C(C)(C)C. The molecule has 0 aliphatic carbocycles. The first-order valence-corrected chi connectivity index (χ1v) is 15.5. The van der Waals surface area contributed by atoms with Crippen LogP contribution in [-0.4, -0.2) is 70.3 Å². The van der Waals surface area contributed by atoms with Gasteiger partial charge in [-0.1, -0.05) is 46.8 Å². The largest absolute Gasteiger partial charge is 0.369 e. The third-order valence-electron chi connectivity index (χ3n) is 7.57. The van der Waals surface area contributed by atoms with Gasteiger partial charge in [0.25, 0.3) is 5.91 Å². The van der Waals surface area contributed by atoms with Gasteiger partial charge in [0.15, 0.2) is 11.6 Å². The predicted octanol–water partition coefficient (Wildman–Crippen LogP) is 6.45. The summed E-state index contributed by atoms with van der Waals surface area (Å²) in [5, 5.41) is 7.72. The van der Waals surface area contributed by atoms with Crippen molar-refractivity contribution in [3.05, 3.63) is 71.3 Å². The number of rotatable bonds is 15. The van der Waals surface area contributed by atoms with E-state index in [9.17, 15) is 22.4 Å². The number of hydrogen-bond acceptors (Lipinski definition) is 5. The van der Waals surface area contributed by atoms with E-state index in [1.807, 2.05) is 27.7 Å². The maximum Gasteiger partial charge on any atom is 0.252 e. The van der Waals surface area contributed by atoms with Crippen LogP contribution in [0.3, 0.4) is 0 Å². The number of carbonyl (C=O) groups is 1.